The molecular formula is C14H18O. The average Bonchev–Trinajstić information content (AvgIpc) is 2.25. The largest absolute Gasteiger partial charge is 0.389 e. The first-order valence-electron chi connectivity index (χ1n) is 5.25. The van der Waals surface area contributed by atoms with Crippen LogP contribution in [0, 0.1) is 0 Å². The van der Waals surface area contributed by atoms with Crippen LogP contribution in [0.25, 0.3) is 6.08 Å². The van der Waals surface area contributed by atoms with Crippen molar-refractivity contribution in [2.75, 3.05) is 0 Å². The Bertz CT molecular complexity index is 324. The van der Waals surface area contributed by atoms with Crippen molar-refractivity contribution >= 4 is 6.08 Å². The molecule has 0 heterocycles. The number of aliphatic hydroxyl groups is 1. The predicted molar refractivity (Wildman–Crippen MR) is 65.5 cm³/mol. The Kier molecular flexibility index (Phi) is 4.85. The Morgan fingerprint density at radius 3 is 2.67 bits per heavy atom. The van der Waals surface area contributed by atoms with Gasteiger partial charge < -0.3 is 5.11 Å². The molecule has 1 unspecified atom stereocenters. The van der Waals surface area contributed by atoms with E-state index < -0.39 is 0 Å². The van der Waals surface area contributed by atoms with Crippen molar-refractivity contribution in [3.8, 4) is 0 Å². The van der Waals surface area contributed by atoms with Crippen LogP contribution < -0.4 is 0 Å². The van der Waals surface area contributed by atoms with Gasteiger partial charge in [-0.1, -0.05) is 54.6 Å². The molecule has 0 spiro atoms. The summed E-state index contributed by atoms with van der Waals surface area (Å²) in [5.41, 5.74) is 2.03. The fourth-order valence-electron chi connectivity index (χ4n) is 1.28. The minimum absolute atomic E-state index is 0.370. The van der Waals surface area contributed by atoms with E-state index in [2.05, 4.69) is 30.9 Å². The Morgan fingerprint density at radius 2 is 2.07 bits per heavy atom. The molecule has 1 rings (SSSR count). The Morgan fingerprint density at radius 1 is 1.40 bits per heavy atom. The van der Waals surface area contributed by atoms with E-state index in [1.54, 1.807) is 0 Å². The van der Waals surface area contributed by atoms with Gasteiger partial charge in [0, 0.05) is 0 Å². The molecule has 1 aromatic rings. The first-order valence-corrected chi connectivity index (χ1v) is 5.25. The molecular weight excluding hydrogens is 184 g/mol. The van der Waals surface area contributed by atoms with E-state index in [9.17, 15) is 5.11 Å². The molecule has 1 heteroatoms. The molecule has 0 aliphatic heterocycles. The van der Waals surface area contributed by atoms with Gasteiger partial charge in [-0.05, 0) is 25.3 Å². The summed E-state index contributed by atoms with van der Waals surface area (Å²) in [6.07, 6.45) is 5.42. The van der Waals surface area contributed by atoms with Crippen molar-refractivity contribution in [2.24, 2.45) is 0 Å². The molecule has 0 aliphatic carbocycles. The van der Waals surface area contributed by atoms with Crippen LogP contribution in [0.5, 0.6) is 0 Å². The number of hydrogen-bond donors (Lipinski definition) is 1. The zero-order valence-corrected chi connectivity index (χ0v) is 9.19. The van der Waals surface area contributed by atoms with Crippen LogP contribution in [0.1, 0.15) is 25.3 Å². The van der Waals surface area contributed by atoms with Crippen molar-refractivity contribution in [2.45, 2.75) is 25.9 Å². The second-order valence-electron chi connectivity index (χ2n) is 3.75. The molecule has 0 saturated carbocycles. The third-order valence-corrected chi connectivity index (χ3v) is 2.29. The average molecular weight is 202 g/mol. The van der Waals surface area contributed by atoms with E-state index in [0.29, 0.717) is 0 Å². The maximum atomic E-state index is 9.49. The molecule has 1 nitrogen and oxygen atoms in total. The summed E-state index contributed by atoms with van der Waals surface area (Å²) in [4.78, 5) is 0. The van der Waals surface area contributed by atoms with Crippen LogP contribution in [-0.2, 0) is 0 Å². The first-order chi connectivity index (χ1) is 7.20. The summed E-state index contributed by atoms with van der Waals surface area (Å²) in [7, 11) is 0. The van der Waals surface area contributed by atoms with Crippen LogP contribution in [0.4, 0.5) is 0 Å². The van der Waals surface area contributed by atoms with Gasteiger partial charge in [0.2, 0.25) is 0 Å². The molecule has 0 aromatic heterocycles. The zero-order chi connectivity index (χ0) is 11.1. The fraction of sp³-hybridized carbons (Fsp3) is 0.286. The molecule has 15 heavy (non-hydrogen) atoms. The minimum atomic E-state index is -0.370. The normalized spacial score (nSPS) is 12.9. The van der Waals surface area contributed by atoms with Gasteiger partial charge in [0.15, 0.2) is 0 Å². The van der Waals surface area contributed by atoms with Crippen LogP contribution in [0.2, 0.25) is 0 Å². The van der Waals surface area contributed by atoms with Crippen molar-refractivity contribution < 1.29 is 5.11 Å². The fourth-order valence-corrected chi connectivity index (χ4v) is 1.28. The van der Waals surface area contributed by atoms with Crippen LogP contribution in [0.3, 0.4) is 0 Å². The maximum Gasteiger partial charge on any atom is 0.0747 e. The van der Waals surface area contributed by atoms with Crippen molar-refractivity contribution in [1.29, 1.82) is 0 Å². The van der Waals surface area contributed by atoms with Gasteiger partial charge in [-0.2, -0.15) is 0 Å². The standard InChI is InChI=1S/C14H18O/c1-12(2)14(15)11-7-6-10-13-8-4-3-5-9-13/h3-6,8-10,14-15H,1,7,11H2,2H3/b10-6+. The molecule has 0 bridgehead atoms. The lowest BCUT2D eigenvalue weighted by molar-refractivity contribution is 0.202. The monoisotopic (exact) mass is 202 g/mol. The minimum Gasteiger partial charge on any atom is -0.389 e. The maximum absolute atomic E-state index is 9.49. The summed E-state index contributed by atoms with van der Waals surface area (Å²) < 4.78 is 0. The van der Waals surface area contributed by atoms with Gasteiger partial charge in [-0.25, -0.2) is 0 Å². The lowest BCUT2D eigenvalue weighted by Gasteiger charge is -2.06. The van der Waals surface area contributed by atoms with Gasteiger partial charge in [-0.3, -0.25) is 0 Å². The number of benzene rings is 1. The molecule has 0 saturated heterocycles. The van der Waals surface area contributed by atoms with E-state index in [4.69, 9.17) is 0 Å². The van der Waals surface area contributed by atoms with E-state index in [1.807, 2.05) is 25.1 Å². The van der Waals surface area contributed by atoms with E-state index >= 15 is 0 Å². The SMILES string of the molecule is C=C(C)C(O)CC/C=C/c1ccccc1. The van der Waals surface area contributed by atoms with Crippen molar-refractivity contribution in [1.82, 2.24) is 0 Å². The molecule has 80 valence electrons. The first kappa shape index (κ1) is 11.7. The lowest BCUT2D eigenvalue weighted by atomic mass is 10.1. The van der Waals surface area contributed by atoms with E-state index in [-0.39, 0.29) is 6.10 Å². The summed E-state index contributed by atoms with van der Waals surface area (Å²) in [5.74, 6) is 0. The van der Waals surface area contributed by atoms with Gasteiger partial charge in [0.25, 0.3) is 0 Å². The number of rotatable bonds is 5. The van der Waals surface area contributed by atoms with Crippen molar-refractivity contribution in [3.63, 3.8) is 0 Å². The number of allylic oxidation sites excluding steroid dienone is 1. The summed E-state index contributed by atoms with van der Waals surface area (Å²) in [5, 5.41) is 9.49. The van der Waals surface area contributed by atoms with Gasteiger partial charge in [0.1, 0.15) is 0 Å². The third kappa shape index (κ3) is 4.61. The highest BCUT2D eigenvalue weighted by atomic mass is 16.3. The Labute approximate surface area is 91.8 Å². The molecule has 1 N–H and O–H groups in total. The summed E-state index contributed by atoms with van der Waals surface area (Å²) in [6.45, 7) is 5.57. The van der Waals surface area contributed by atoms with Crippen molar-refractivity contribution in [3.05, 3.63) is 54.1 Å². The summed E-state index contributed by atoms with van der Waals surface area (Å²) in [6, 6.07) is 10.2. The highest BCUT2D eigenvalue weighted by Gasteiger charge is 2.01. The highest BCUT2D eigenvalue weighted by Crippen LogP contribution is 2.08. The molecule has 0 aliphatic rings. The van der Waals surface area contributed by atoms with Crippen LogP contribution >= 0.6 is 0 Å². The zero-order valence-electron chi connectivity index (χ0n) is 9.19. The molecule has 0 amide bonds. The number of aliphatic hydroxyl groups excluding tert-OH is 1. The second-order valence-corrected chi connectivity index (χ2v) is 3.75. The summed E-state index contributed by atoms with van der Waals surface area (Å²) >= 11 is 0. The Hall–Kier alpha value is -1.34. The van der Waals surface area contributed by atoms with E-state index in [0.717, 1.165) is 18.4 Å². The van der Waals surface area contributed by atoms with Crippen LogP contribution in [-0.4, -0.2) is 11.2 Å². The molecule has 1 aromatic carbocycles. The quantitative estimate of drug-likeness (QED) is 0.725. The topological polar surface area (TPSA) is 20.2 Å². The molecule has 0 fully saturated rings. The van der Waals surface area contributed by atoms with Gasteiger partial charge >= 0.3 is 0 Å². The van der Waals surface area contributed by atoms with Crippen LogP contribution in [0.15, 0.2) is 48.6 Å². The van der Waals surface area contributed by atoms with Gasteiger partial charge in [0.05, 0.1) is 6.10 Å². The smallest absolute Gasteiger partial charge is 0.0747 e. The second kappa shape index (κ2) is 6.20. The lowest BCUT2D eigenvalue weighted by Crippen LogP contribution is -2.05. The third-order valence-electron chi connectivity index (χ3n) is 2.29. The van der Waals surface area contributed by atoms with E-state index in [1.165, 1.54) is 5.56 Å². The Balaban J connectivity index is 2.32. The molecule has 1 atom stereocenters. The number of hydrogen-bond acceptors (Lipinski definition) is 1. The molecule has 0 radical (unpaired) electrons. The predicted octanol–water partition coefficient (Wildman–Crippen LogP) is 3.42. The highest BCUT2D eigenvalue weighted by molar-refractivity contribution is 5.48. The van der Waals surface area contributed by atoms with Gasteiger partial charge in [-0.15, -0.1) is 0 Å².